The minimum atomic E-state index is -1.17. The summed E-state index contributed by atoms with van der Waals surface area (Å²) in [5.74, 6) is -5.74. The summed E-state index contributed by atoms with van der Waals surface area (Å²) >= 11 is 0. The monoisotopic (exact) mass is 575 g/mol. The molecule has 3 amide bonds. The van der Waals surface area contributed by atoms with Gasteiger partial charge in [-0.3, -0.25) is 24.8 Å². The van der Waals surface area contributed by atoms with Gasteiger partial charge in [-0.1, -0.05) is 12.2 Å². The smallest absolute Gasteiger partial charge is 0.258 e. The predicted molar refractivity (Wildman–Crippen MR) is 140 cm³/mol. The molecule has 5 heterocycles. The molecule has 4 aliphatic heterocycles. The van der Waals surface area contributed by atoms with Crippen LogP contribution in [0.5, 0.6) is 0 Å². The van der Waals surface area contributed by atoms with Crippen molar-refractivity contribution >= 4 is 23.5 Å². The highest BCUT2D eigenvalue weighted by Crippen LogP contribution is 2.53. The topological polar surface area (TPSA) is 128 Å². The Kier molecular flexibility index (Phi) is 7.30. The molecular weight excluding hydrogens is 540 g/mol. The number of nitrogens with one attached hydrogen (secondary N) is 3. The van der Waals surface area contributed by atoms with Crippen molar-refractivity contribution in [2.45, 2.75) is 69.0 Å². The highest BCUT2D eigenvalue weighted by atomic mass is 19.2. The predicted octanol–water partition coefficient (Wildman–Crippen LogP) is 0.536. The summed E-state index contributed by atoms with van der Waals surface area (Å²) in [7, 11) is 1.73. The van der Waals surface area contributed by atoms with Gasteiger partial charge in [0.2, 0.25) is 11.8 Å². The van der Waals surface area contributed by atoms with E-state index in [0.29, 0.717) is 32.1 Å². The fraction of sp³-hybridized carbons (Fsp3) is 0.630. The Bertz CT molecular complexity index is 1260. The third-order valence-electron chi connectivity index (χ3n) is 8.82. The number of ether oxygens (including phenoxy) is 2. The molecule has 2 bridgehead atoms. The van der Waals surface area contributed by atoms with Crippen LogP contribution in [0.25, 0.3) is 0 Å². The molecule has 41 heavy (non-hydrogen) atoms. The molecular formula is C27H35F2N7O5. The number of carbonyl (C=O) groups excluding carboxylic acids is 3. The number of anilines is 1. The Balaban J connectivity index is 1.26. The number of fused-ring (bicyclic) bond motifs is 1. The number of carbonyl (C=O) groups is 3. The second-order valence-electron chi connectivity index (χ2n) is 11.6. The van der Waals surface area contributed by atoms with Crippen LogP contribution in [-0.2, 0) is 23.9 Å². The van der Waals surface area contributed by atoms with Gasteiger partial charge in [0, 0.05) is 32.1 Å². The molecule has 1 aliphatic carbocycles. The van der Waals surface area contributed by atoms with E-state index >= 15 is 0 Å². The number of pyridine rings is 1. The van der Waals surface area contributed by atoms with Crippen LogP contribution in [0.15, 0.2) is 24.4 Å². The molecule has 0 aromatic carbocycles. The SMILES string of the molecule is CC1OCCN(NC(=O)C2CC34C=CC(O3)C(C(=O)Nc3cc(F)c(F)cn3)C4C(=O)N2N(C)CNC2CC2)C1C. The molecule has 7 unspecified atom stereocenters. The number of hydrogen-bond acceptors (Lipinski definition) is 9. The van der Waals surface area contributed by atoms with Crippen LogP contribution in [0.3, 0.4) is 0 Å². The van der Waals surface area contributed by atoms with E-state index in [9.17, 15) is 23.2 Å². The van der Waals surface area contributed by atoms with Crippen LogP contribution in [0.1, 0.15) is 33.1 Å². The summed E-state index contributed by atoms with van der Waals surface area (Å²) in [6, 6.07) is 0.167. The van der Waals surface area contributed by atoms with Crippen molar-refractivity contribution in [1.82, 2.24) is 30.8 Å². The third-order valence-corrected chi connectivity index (χ3v) is 8.82. The minimum absolute atomic E-state index is 0.0721. The van der Waals surface area contributed by atoms with Crippen LogP contribution >= 0.6 is 0 Å². The van der Waals surface area contributed by atoms with Crippen molar-refractivity contribution in [2.24, 2.45) is 11.8 Å². The summed E-state index contributed by atoms with van der Waals surface area (Å²) < 4.78 is 39.1. The van der Waals surface area contributed by atoms with E-state index in [1.54, 1.807) is 24.2 Å². The van der Waals surface area contributed by atoms with Crippen LogP contribution in [0.2, 0.25) is 0 Å². The fourth-order valence-electron chi connectivity index (χ4n) is 6.28. The first-order valence-corrected chi connectivity index (χ1v) is 14.0. The Labute approximate surface area is 236 Å². The quantitative estimate of drug-likeness (QED) is 0.301. The first-order valence-electron chi connectivity index (χ1n) is 14.0. The van der Waals surface area contributed by atoms with Crippen molar-refractivity contribution in [3.8, 4) is 0 Å². The molecule has 3 saturated heterocycles. The number of rotatable bonds is 8. The average Bonchev–Trinajstić information content (AvgIpc) is 3.60. The molecule has 1 spiro atoms. The number of piperidine rings is 1. The summed E-state index contributed by atoms with van der Waals surface area (Å²) in [6.45, 7) is 5.21. The number of nitrogens with zero attached hydrogens (tertiary/aromatic N) is 4. The van der Waals surface area contributed by atoms with Gasteiger partial charge in [-0.05, 0) is 26.7 Å². The Morgan fingerprint density at radius 3 is 2.73 bits per heavy atom. The van der Waals surface area contributed by atoms with E-state index in [2.05, 4.69) is 21.0 Å². The van der Waals surface area contributed by atoms with E-state index in [1.165, 1.54) is 5.01 Å². The van der Waals surface area contributed by atoms with Crippen LogP contribution < -0.4 is 16.1 Å². The van der Waals surface area contributed by atoms with Gasteiger partial charge in [-0.2, -0.15) is 0 Å². The number of morpholine rings is 1. The zero-order valence-electron chi connectivity index (χ0n) is 23.2. The fourth-order valence-corrected chi connectivity index (χ4v) is 6.28. The number of hydrogen-bond donors (Lipinski definition) is 3. The molecule has 4 fully saturated rings. The Hall–Kier alpha value is -3.04. The van der Waals surface area contributed by atoms with Crippen LogP contribution in [0.4, 0.5) is 14.6 Å². The Morgan fingerprint density at radius 1 is 1.22 bits per heavy atom. The van der Waals surface area contributed by atoms with E-state index in [-0.39, 0.29) is 30.3 Å². The summed E-state index contributed by atoms with van der Waals surface area (Å²) in [5, 5.41) is 10.8. The maximum atomic E-state index is 14.3. The van der Waals surface area contributed by atoms with Crippen molar-refractivity contribution in [3.05, 3.63) is 36.0 Å². The van der Waals surface area contributed by atoms with Gasteiger partial charge in [0.1, 0.15) is 17.5 Å². The average molecular weight is 576 g/mol. The van der Waals surface area contributed by atoms with Gasteiger partial charge in [-0.15, -0.1) is 0 Å². The Morgan fingerprint density at radius 2 is 2.00 bits per heavy atom. The van der Waals surface area contributed by atoms with E-state index in [4.69, 9.17) is 9.47 Å². The molecule has 0 radical (unpaired) electrons. The lowest BCUT2D eigenvalue weighted by molar-refractivity contribution is -0.184. The van der Waals surface area contributed by atoms with Gasteiger partial charge >= 0.3 is 0 Å². The first kappa shape index (κ1) is 28.1. The third kappa shape index (κ3) is 5.12. The van der Waals surface area contributed by atoms with Crippen molar-refractivity contribution < 1.29 is 32.6 Å². The van der Waals surface area contributed by atoms with E-state index in [0.717, 1.165) is 18.9 Å². The second kappa shape index (κ2) is 10.7. The zero-order chi connectivity index (χ0) is 29.1. The molecule has 222 valence electrons. The molecule has 6 rings (SSSR count). The second-order valence-corrected chi connectivity index (χ2v) is 11.6. The largest absolute Gasteiger partial charge is 0.375 e. The van der Waals surface area contributed by atoms with Crippen LogP contribution in [-0.4, -0.2) is 101 Å². The summed E-state index contributed by atoms with van der Waals surface area (Å²) in [4.78, 5) is 45.4. The number of halogens is 2. The lowest BCUT2D eigenvalue weighted by Gasteiger charge is -2.49. The highest BCUT2D eigenvalue weighted by molar-refractivity contribution is 5.99. The first-order chi connectivity index (χ1) is 19.6. The maximum Gasteiger partial charge on any atom is 0.258 e. The number of hydrazine groups is 2. The normalized spacial score (nSPS) is 34.7. The molecule has 1 aromatic rings. The minimum Gasteiger partial charge on any atom is -0.375 e. The molecule has 12 nitrogen and oxygen atoms in total. The van der Waals surface area contributed by atoms with E-state index in [1.807, 2.05) is 18.9 Å². The van der Waals surface area contributed by atoms with Gasteiger partial charge in [0.15, 0.2) is 11.6 Å². The van der Waals surface area contributed by atoms with Gasteiger partial charge in [0.05, 0.1) is 49.6 Å². The highest BCUT2D eigenvalue weighted by Gasteiger charge is 2.67. The summed E-state index contributed by atoms with van der Waals surface area (Å²) in [6.07, 6.45) is 5.60. The van der Waals surface area contributed by atoms with Crippen molar-refractivity contribution in [1.29, 1.82) is 0 Å². The van der Waals surface area contributed by atoms with E-state index < -0.39 is 53.0 Å². The van der Waals surface area contributed by atoms with Crippen LogP contribution in [0, 0.1) is 23.5 Å². The summed E-state index contributed by atoms with van der Waals surface area (Å²) in [5.41, 5.74) is 1.83. The van der Waals surface area contributed by atoms with Crippen molar-refractivity contribution in [3.63, 3.8) is 0 Å². The lowest BCUT2D eigenvalue weighted by atomic mass is 9.69. The lowest BCUT2D eigenvalue weighted by Crippen LogP contribution is -2.69. The van der Waals surface area contributed by atoms with Crippen molar-refractivity contribution in [2.75, 3.05) is 32.2 Å². The van der Waals surface area contributed by atoms with Gasteiger partial charge in [-0.25, -0.2) is 23.8 Å². The molecule has 5 aliphatic rings. The zero-order valence-corrected chi connectivity index (χ0v) is 23.2. The number of aromatic nitrogens is 1. The molecule has 7 atom stereocenters. The number of amides is 3. The van der Waals surface area contributed by atoms with Gasteiger partial charge in [0.25, 0.3) is 5.91 Å². The standard InChI is InChI=1S/C27H35F2N7O5/c1-14-15(2)40-9-8-35(14)33-24(37)19-11-27-7-6-20(41-27)22(25(38)32-21-10-17(28)18(29)12-30-21)23(27)26(39)36(19)34(3)13-31-16-4-5-16/h6-7,10,12,14-16,19-20,22-23,31H,4-5,8-9,11,13H2,1-3H3,(H,33,37)(H,30,32,38). The molecule has 1 saturated carbocycles. The van der Waals surface area contributed by atoms with Gasteiger partial charge < -0.3 is 20.1 Å². The molecule has 1 aromatic heterocycles. The molecule has 14 heteroatoms. The molecule has 3 N–H and O–H groups in total. The maximum absolute atomic E-state index is 14.3.